The predicted molar refractivity (Wildman–Crippen MR) is 80.8 cm³/mol. The van der Waals surface area contributed by atoms with Gasteiger partial charge in [0.15, 0.2) is 0 Å². The molecule has 2 aromatic rings. The Hall–Kier alpha value is -1.26. The quantitative estimate of drug-likeness (QED) is 0.848. The summed E-state index contributed by atoms with van der Waals surface area (Å²) in [5.41, 5.74) is 1.80. The normalized spacial score (nSPS) is 12.4. The minimum Gasteiger partial charge on any atom is -0.306 e. The van der Waals surface area contributed by atoms with Gasteiger partial charge in [-0.1, -0.05) is 35.0 Å². The Morgan fingerprint density at radius 2 is 1.85 bits per heavy atom. The average Bonchev–Trinajstić information content (AvgIpc) is 2.42. The summed E-state index contributed by atoms with van der Waals surface area (Å²) in [4.78, 5) is 0. The van der Waals surface area contributed by atoms with Crippen LogP contribution in [0.1, 0.15) is 29.7 Å². The molecule has 0 aromatic heterocycles. The second-order valence-electron chi connectivity index (χ2n) is 4.67. The first kappa shape index (κ1) is 15.1. The fourth-order valence-electron chi connectivity index (χ4n) is 2.14. The number of halogens is 3. The van der Waals surface area contributed by atoms with Crippen LogP contribution < -0.4 is 5.32 Å². The van der Waals surface area contributed by atoms with E-state index in [0.717, 1.165) is 4.47 Å². The largest absolute Gasteiger partial charge is 0.306 e. The zero-order chi connectivity index (χ0) is 14.7. The highest BCUT2D eigenvalue weighted by Crippen LogP contribution is 2.28. The third-order valence-corrected chi connectivity index (χ3v) is 3.70. The highest BCUT2D eigenvalue weighted by Gasteiger charge is 2.18. The Kier molecular flexibility index (Phi) is 4.89. The molecule has 1 atom stereocenters. The van der Waals surface area contributed by atoms with Crippen molar-refractivity contribution >= 4 is 15.9 Å². The topological polar surface area (TPSA) is 12.0 Å². The number of aryl methyl sites for hydroxylation is 1. The second kappa shape index (κ2) is 6.46. The SMILES string of the molecule is CCNC(c1ccc(C)c(F)c1)c1cc(Br)ccc1F. The van der Waals surface area contributed by atoms with Gasteiger partial charge in [-0.2, -0.15) is 0 Å². The lowest BCUT2D eigenvalue weighted by Gasteiger charge is -2.20. The number of rotatable bonds is 4. The molecule has 4 heteroatoms. The summed E-state index contributed by atoms with van der Waals surface area (Å²) in [5.74, 6) is -0.582. The maximum Gasteiger partial charge on any atom is 0.128 e. The minimum atomic E-state index is -0.368. The summed E-state index contributed by atoms with van der Waals surface area (Å²) in [6.07, 6.45) is 0. The van der Waals surface area contributed by atoms with Gasteiger partial charge in [0.1, 0.15) is 11.6 Å². The highest BCUT2D eigenvalue weighted by molar-refractivity contribution is 9.10. The molecule has 0 saturated heterocycles. The molecule has 1 N–H and O–H groups in total. The molecule has 0 bridgehead atoms. The van der Waals surface area contributed by atoms with E-state index >= 15 is 0 Å². The van der Waals surface area contributed by atoms with Crippen molar-refractivity contribution in [1.82, 2.24) is 5.32 Å². The fourth-order valence-corrected chi connectivity index (χ4v) is 2.51. The van der Waals surface area contributed by atoms with Gasteiger partial charge >= 0.3 is 0 Å². The molecule has 1 unspecified atom stereocenters. The van der Waals surface area contributed by atoms with Crippen LogP contribution in [0.4, 0.5) is 8.78 Å². The molecule has 106 valence electrons. The van der Waals surface area contributed by atoms with Gasteiger partial charge in [0.25, 0.3) is 0 Å². The van der Waals surface area contributed by atoms with E-state index in [4.69, 9.17) is 0 Å². The van der Waals surface area contributed by atoms with Crippen LogP contribution >= 0.6 is 15.9 Å². The monoisotopic (exact) mass is 339 g/mol. The van der Waals surface area contributed by atoms with Crippen molar-refractivity contribution in [2.24, 2.45) is 0 Å². The van der Waals surface area contributed by atoms with Crippen LogP contribution in [0.25, 0.3) is 0 Å². The first-order valence-electron chi connectivity index (χ1n) is 6.47. The number of hydrogen-bond donors (Lipinski definition) is 1. The van der Waals surface area contributed by atoms with E-state index in [0.29, 0.717) is 23.2 Å². The van der Waals surface area contributed by atoms with E-state index in [2.05, 4.69) is 21.2 Å². The number of benzene rings is 2. The second-order valence-corrected chi connectivity index (χ2v) is 5.58. The summed E-state index contributed by atoms with van der Waals surface area (Å²) >= 11 is 3.35. The zero-order valence-electron chi connectivity index (χ0n) is 11.4. The Morgan fingerprint density at radius 3 is 2.50 bits per heavy atom. The third-order valence-electron chi connectivity index (χ3n) is 3.21. The first-order chi connectivity index (χ1) is 9.52. The molecule has 0 heterocycles. The average molecular weight is 340 g/mol. The van der Waals surface area contributed by atoms with Gasteiger partial charge in [0.05, 0.1) is 6.04 Å². The molecule has 20 heavy (non-hydrogen) atoms. The van der Waals surface area contributed by atoms with Crippen LogP contribution in [0.5, 0.6) is 0 Å². The maximum atomic E-state index is 14.1. The molecule has 2 rings (SSSR count). The van der Waals surface area contributed by atoms with Crippen LogP contribution in [0, 0.1) is 18.6 Å². The Bertz CT molecular complexity index is 613. The van der Waals surface area contributed by atoms with Crippen molar-refractivity contribution in [1.29, 1.82) is 0 Å². The lowest BCUT2D eigenvalue weighted by atomic mass is 9.97. The van der Waals surface area contributed by atoms with Crippen molar-refractivity contribution in [2.45, 2.75) is 19.9 Å². The van der Waals surface area contributed by atoms with Gasteiger partial charge in [-0.05, 0) is 48.9 Å². The van der Waals surface area contributed by atoms with Gasteiger partial charge in [-0.15, -0.1) is 0 Å². The number of nitrogens with one attached hydrogen (secondary N) is 1. The van der Waals surface area contributed by atoms with Gasteiger partial charge in [-0.25, -0.2) is 8.78 Å². The van der Waals surface area contributed by atoms with Crippen molar-refractivity contribution in [3.05, 3.63) is 69.2 Å². The summed E-state index contributed by atoms with van der Waals surface area (Å²) in [5, 5.41) is 3.20. The molecule has 2 aromatic carbocycles. The standard InChI is InChI=1S/C16H16BrF2N/c1-3-20-16(11-5-4-10(2)15(19)8-11)13-9-12(17)6-7-14(13)18/h4-9,16,20H,3H2,1-2H3. The van der Waals surface area contributed by atoms with E-state index in [9.17, 15) is 8.78 Å². The fraction of sp³-hybridized carbons (Fsp3) is 0.250. The number of hydrogen-bond acceptors (Lipinski definition) is 1. The molecular weight excluding hydrogens is 324 g/mol. The summed E-state index contributed by atoms with van der Waals surface area (Å²) in [6, 6.07) is 9.42. The van der Waals surface area contributed by atoms with E-state index < -0.39 is 0 Å². The Balaban J connectivity index is 2.49. The Labute approximate surface area is 126 Å². The van der Waals surface area contributed by atoms with Crippen molar-refractivity contribution in [2.75, 3.05) is 6.54 Å². The van der Waals surface area contributed by atoms with Gasteiger partial charge in [0, 0.05) is 10.0 Å². The predicted octanol–water partition coefficient (Wildman–Crippen LogP) is 4.73. The lowest BCUT2D eigenvalue weighted by Crippen LogP contribution is -2.23. The van der Waals surface area contributed by atoms with Crippen LogP contribution in [0.3, 0.4) is 0 Å². The molecule has 0 saturated carbocycles. The smallest absolute Gasteiger partial charge is 0.128 e. The summed E-state index contributed by atoms with van der Waals surface area (Å²) in [7, 11) is 0. The van der Waals surface area contributed by atoms with Crippen LogP contribution in [0.15, 0.2) is 40.9 Å². The van der Waals surface area contributed by atoms with Crippen molar-refractivity contribution in [3.63, 3.8) is 0 Å². The lowest BCUT2D eigenvalue weighted by molar-refractivity contribution is 0.553. The van der Waals surface area contributed by atoms with E-state index in [1.807, 2.05) is 13.0 Å². The van der Waals surface area contributed by atoms with Crippen molar-refractivity contribution in [3.8, 4) is 0 Å². The summed E-state index contributed by atoms with van der Waals surface area (Å²) < 4.78 is 28.6. The highest BCUT2D eigenvalue weighted by atomic mass is 79.9. The first-order valence-corrected chi connectivity index (χ1v) is 7.26. The molecule has 0 fully saturated rings. The molecule has 0 aliphatic heterocycles. The van der Waals surface area contributed by atoms with Crippen LogP contribution in [-0.4, -0.2) is 6.54 Å². The van der Waals surface area contributed by atoms with E-state index in [1.54, 1.807) is 25.1 Å². The molecule has 0 aliphatic carbocycles. The Morgan fingerprint density at radius 1 is 1.10 bits per heavy atom. The molecule has 1 nitrogen and oxygen atoms in total. The molecule has 0 aliphatic rings. The molecule has 0 radical (unpaired) electrons. The summed E-state index contributed by atoms with van der Waals surface area (Å²) in [6.45, 7) is 4.31. The molecule has 0 amide bonds. The van der Waals surface area contributed by atoms with Crippen molar-refractivity contribution < 1.29 is 8.78 Å². The van der Waals surface area contributed by atoms with Gasteiger partial charge in [-0.3, -0.25) is 0 Å². The maximum absolute atomic E-state index is 14.1. The third kappa shape index (κ3) is 3.25. The minimum absolute atomic E-state index is 0.277. The molecular formula is C16H16BrF2N. The molecule has 0 spiro atoms. The zero-order valence-corrected chi connectivity index (χ0v) is 13.0. The van der Waals surface area contributed by atoms with E-state index in [-0.39, 0.29) is 17.7 Å². The van der Waals surface area contributed by atoms with Crippen LogP contribution in [0.2, 0.25) is 0 Å². The van der Waals surface area contributed by atoms with E-state index in [1.165, 1.54) is 12.1 Å². The van der Waals surface area contributed by atoms with Gasteiger partial charge < -0.3 is 5.32 Å². The van der Waals surface area contributed by atoms with Gasteiger partial charge in [0.2, 0.25) is 0 Å². The van der Waals surface area contributed by atoms with Crippen LogP contribution in [-0.2, 0) is 0 Å².